The van der Waals surface area contributed by atoms with Gasteiger partial charge < -0.3 is 9.29 Å². The molecule has 0 spiro atoms. The zero-order valence-corrected chi connectivity index (χ0v) is 10.8. The van der Waals surface area contributed by atoms with E-state index in [2.05, 4.69) is 0 Å². The SMILES string of the molecule is O=C(O)CCc1cc(F)cc(OSI)c1F. The van der Waals surface area contributed by atoms with Crippen LogP contribution in [0.3, 0.4) is 0 Å². The van der Waals surface area contributed by atoms with Crippen LogP contribution in [-0.4, -0.2) is 11.1 Å². The number of benzene rings is 1. The second kappa shape index (κ2) is 6.24. The van der Waals surface area contributed by atoms with E-state index >= 15 is 0 Å². The summed E-state index contributed by atoms with van der Waals surface area (Å²) >= 11 is 1.77. The molecule has 0 aromatic heterocycles. The molecule has 16 heavy (non-hydrogen) atoms. The second-order valence-electron chi connectivity index (χ2n) is 2.92. The largest absolute Gasteiger partial charge is 0.481 e. The number of carboxylic acids is 1. The van der Waals surface area contributed by atoms with E-state index in [4.69, 9.17) is 9.29 Å². The van der Waals surface area contributed by atoms with Gasteiger partial charge in [-0.05, 0) is 18.1 Å². The fourth-order valence-electron chi connectivity index (χ4n) is 1.14. The molecule has 1 aromatic rings. The highest BCUT2D eigenvalue weighted by molar-refractivity contribution is 14.2. The lowest BCUT2D eigenvalue weighted by Crippen LogP contribution is -2.01. The van der Waals surface area contributed by atoms with Gasteiger partial charge in [0.05, 0.1) is 0 Å². The number of halogens is 3. The molecule has 0 saturated carbocycles. The van der Waals surface area contributed by atoms with Gasteiger partial charge in [-0.3, -0.25) is 4.79 Å². The molecule has 0 radical (unpaired) electrons. The number of hydrogen-bond acceptors (Lipinski definition) is 3. The summed E-state index contributed by atoms with van der Waals surface area (Å²) in [6.45, 7) is 0. The van der Waals surface area contributed by atoms with Crippen molar-refractivity contribution in [1.82, 2.24) is 0 Å². The maximum absolute atomic E-state index is 13.6. The summed E-state index contributed by atoms with van der Waals surface area (Å²) in [5.74, 6) is -2.65. The van der Waals surface area contributed by atoms with E-state index in [1.807, 2.05) is 0 Å². The Morgan fingerprint density at radius 1 is 1.50 bits per heavy atom. The van der Waals surface area contributed by atoms with Crippen molar-refractivity contribution in [2.75, 3.05) is 0 Å². The monoisotopic (exact) mass is 360 g/mol. The third-order valence-electron chi connectivity index (χ3n) is 1.81. The van der Waals surface area contributed by atoms with Crippen LogP contribution in [0.2, 0.25) is 0 Å². The fourth-order valence-corrected chi connectivity index (χ4v) is 1.91. The van der Waals surface area contributed by atoms with Crippen molar-refractivity contribution >= 4 is 36.4 Å². The summed E-state index contributed by atoms with van der Waals surface area (Å²) in [4.78, 5) is 10.3. The summed E-state index contributed by atoms with van der Waals surface area (Å²) in [5.41, 5.74) is 0.00264. The summed E-state index contributed by atoms with van der Waals surface area (Å²) in [5, 5.41) is 8.45. The first-order valence-electron chi connectivity index (χ1n) is 4.19. The van der Waals surface area contributed by atoms with Gasteiger partial charge in [-0.15, -0.1) is 0 Å². The van der Waals surface area contributed by atoms with E-state index in [1.165, 1.54) is 0 Å². The van der Waals surface area contributed by atoms with Gasteiger partial charge in [0.1, 0.15) is 15.0 Å². The van der Waals surface area contributed by atoms with Crippen molar-refractivity contribution in [3.8, 4) is 5.75 Å². The lowest BCUT2D eigenvalue weighted by molar-refractivity contribution is -0.136. The number of carboxylic acid groups (broad SMARTS) is 1. The summed E-state index contributed by atoms with van der Waals surface area (Å²) in [6, 6.07) is 1.90. The van der Waals surface area contributed by atoms with Gasteiger partial charge in [-0.2, -0.15) is 0 Å². The van der Waals surface area contributed by atoms with Gasteiger partial charge >= 0.3 is 5.97 Å². The Morgan fingerprint density at radius 3 is 2.75 bits per heavy atom. The Morgan fingerprint density at radius 2 is 2.19 bits per heavy atom. The Bertz CT molecular complexity index is 401. The predicted molar refractivity (Wildman–Crippen MR) is 64.6 cm³/mol. The van der Waals surface area contributed by atoms with Crippen LogP contribution >= 0.6 is 30.4 Å². The van der Waals surface area contributed by atoms with Crippen LogP contribution < -0.4 is 4.18 Å². The molecule has 3 nitrogen and oxygen atoms in total. The fraction of sp³-hybridized carbons (Fsp3) is 0.222. The number of hydrogen-bond donors (Lipinski definition) is 1. The summed E-state index contributed by atoms with van der Waals surface area (Å²) in [6.07, 6.45) is -0.321. The van der Waals surface area contributed by atoms with Crippen molar-refractivity contribution < 1.29 is 22.9 Å². The quantitative estimate of drug-likeness (QED) is 0.646. The van der Waals surface area contributed by atoms with Gasteiger partial charge in [0.15, 0.2) is 11.6 Å². The lowest BCUT2D eigenvalue weighted by Gasteiger charge is -2.06. The highest BCUT2D eigenvalue weighted by Gasteiger charge is 2.13. The lowest BCUT2D eigenvalue weighted by atomic mass is 10.1. The first-order chi connectivity index (χ1) is 7.54. The van der Waals surface area contributed by atoms with Crippen LogP contribution in [-0.2, 0) is 11.2 Å². The zero-order valence-electron chi connectivity index (χ0n) is 7.87. The molecule has 0 heterocycles. The van der Waals surface area contributed by atoms with Crippen LogP contribution in [0, 0.1) is 11.6 Å². The van der Waals surface area contributed by atoms with Gasteiger partial charge in [-0.1, -0.05) is 0 Å². The van der Waals surface area contributed by atoms with E-state index in [0.29, 0.717) is 0 Å². The first kappa shape index (κ1) is 13.5. The molecule has 88 valence electrons. The molecule has 0 amide bonds. The smallest absolute Gasteiger partial charge is 0.303 e. The molecule has 7 heteroatoms. The van der Waals surface area contributed by atoms with Gasteiger partial charge in [0.25, 0.3) is 0 Å². The molecule has 0 saturated heterocycles. The average molecular weight is 360 g/mol. The van der Waals surface area contributed by atoms with Crippen molar-refractivity contribution in [2.24, 2.45) is 0 Å². The van der Waals surface area contributed by atoms with Gasteiger partial charge in [0, 0.05) is 33.7 Å². The van der Waals surface area contributed by atoms with E-state index in [9.17, 15) is 13.6 Å². The normalized spacial score (nSPS) is 10.2. The molecular weight excluding hydrogens is 353 g/mol. The minimum Gasteiger partial charge on any atom is -0.481 e. The van der Waals surface area contributed by atoms with Crippen molar-refractivity contribution in [1.29, 1.82) is 0 Å². The molecule has 0 atom stereocenters. The summed E-state index contributed by atoms with van der Waals surface area (Å²) < 4.78 is 31.4. The third kappa shape index (κ3) is 3.78. The molecule has 0 aliphatic carbocycles. The Kier molecular flexibility index (Phi) is 5.26. The number of rotatable bonds is 5. The second-order valence-corrected chi connectivity index (χ2v) is 4.29. The topological polar surface area (TPSA) is 46.5 Å². The number of aliphatic carboxylic acids is 1. The average Bonchev–Trinajstić information content (AvgIpc) is 2.21. The Balaban J connectivity index is 2.94. The first-order valence-corrected chi connectivity index (χ1v) is 7.48. The van der Waals surface area contributed by atoms with Crippen LogP contribution in [0.15, 0.2) is 12.1 Å². The van der Waals surface area contributed by atoms with Crippen LogP contribution in [0.5, 0.6) is 5.75 Å². The molecule has 0 unspecified atom stereocenters. The molecular formula is C9H7F2IO3S. The van der Waals surface area contributed by atoms with E-state index in [-0.39, 0.29) is 24.2 Å². The zero-order chi connectivity index (χ0) is 12.1. The Hall–Kier alpha value is -0.570. The van der Waals surface area contributed by atoms with E-state index in [1.54, 1.807) is 21.2 Å². The molecule has 0 aliphatic heterocycles. The molecule has 1 N–H and O–H groups in total. The van der Waals surface area contributed by atoms with E-state index in [0.717, 1.165) is 21.3 Å². The van der Waals surface area contributed by atoms with Crippen LogP contribution in [0.4, 0.5) is 8.78 Å². The molecule has 1 rings (SSSR count). The highest BCUT2D eigenvalue weighted by atomic mass is 127. The van der Waals surface area contributed by atoms with Crippen LogP contribution in [0.25, 0.3) is 0 Å². The molecule has 0 fully saturated rings. The maximum Gasteiger partial charge on any atom is 0.303 e. The van der Waals surface area contributed by atoms with Crippen molar-refractivity contribution in [3.63, 3.8) is 0 Å². The standard InChI is InChI=1S/C9H7F2IO3S/c10-6-3-5(1-2-8(13)14)9(11)7(4-6)15-16-12/h3-4H,1-2H2,(H,13,14). The van der Waals surface area contributed by atoms with Crippen LogP contribution in [0.1, 0.15) is 12.0 Å². The predicted octanol–water partition coefficient (Wildman–Crippen LogP) is 3.36. The van der Waals surface area contributed by atoms with Gasteiger partial charge in [0.2, 0.25) is 0 Å². The maximum atomic E-state index is 13.6. The minimum atomic E-state index is -1.06. The molecule has 0 aliphatic rings. The summed E-state index contributed by atoms with van der Waals surface area (Å²) in [7, 11) is 0.858. The van der Waals surface area contributed by atoms with Gasteiger partial charge in [-0.25, -0.2) is 8.78 Å². The van der Waals surface area contributed by atoms with Crippen molar-refractivity contribution in [2.45, 2.75) is 12.8 Å². The minimum absolute atomic E-state index is 0.00264. The van der Waals surface area contributed by atoms with Crippen molar-refractivity contribution in [3.05, 3.63) is 29.3 Å². The molecule has 1 aromatic carbocycles. The third-order valence-corrected chi connectivity index (χ3v) is 2.59. The Labute approximate surface area is 107 Å². The highest BCUT2D eigenvalue weighted by Crippen LogP contribution is 2.28. The number of aryl methyl sites for hydroxylation is 1. The molecule has 0 bridgehead atoms. The number of carbonyl (C=O) groups is 1. The van der Waals surface area contributed by atoms with E-state index < -0.39 is 17.6 Å².